The summed E-state index contributed by atoms with van der Waals surface area (Å²) >= 11 is 1.81. The second kappa shape index (κ2) is 6.36. The molecule has 3 nitrogen and oxygen atoms in total. The van der Waals surface area contributed by atoms with Crippen LogP contribution in [-0.2, 0) is 4.84 Å². The summed E-state index contributed by atoms with van der Waals surface area (Å²) in [6.45, 7) is 4.03. The van der Waals surface area contributed by atoms with Crippen molar-refractivity contribution in [3.8, 4) is 0 Å². The zero-order valence-electron chi connectivity index (χ0n) is 12.6. The number of hydrogen-bond acceptors (Lipinski definition) is 4. The van der Waals surface area contributed by atoms with E-state index in [0.29, 0.717) is 5.56 Å². The fourth-order valence-corrected chi connectivity index (χ4v) is 3.33. The first kappa shape index (κ1) is 14.9. The molecule has 1 aliphatic heterocycles. The second-order valence-corrected chi connectivity index (χ2v) is 6.52. The van der Waals surface area contributed by atoms with Gasteiger partial charge in [-0.15, -0.1) is 11.8 Å². The highest BCUT2D eigenvalue weighted by atomic mass is 32.2. The molecule has 2 aromatic carbocycles. The van der Waals surface area contributed by atoms with Crippen LogP contribution in [0.1, 0.15) is 33.5 Å². The van der Waals surface area contributed by atoms with Crippen LogP contribution in [0.15, 0.2) is 52.5 Å². The highest BCUT2D eigenvalue weighted by molar-refractivity contribution is 7.99. The molecule has 22 heavy (non-hydrogen) atoms. The molecule has 0 saturated carbocycles. The molecule has 0 aliphatic carbocycles. The second-order valence-electron chi connectivity index (χ2n) is 5.38. The maximum absolute atomic E-state index is 12.0. The van der Waals surface area contributed by atoms with Crippen LogP contribution in [0, 0.1) is 13.8 Å². The summed E-state index contributed by atoms with van der Waals surface area (Å²) in [5.41, 5.74) is 4.73. The van der Waals surface area contributed by atoms with Crippen LogP contribution in [0.25, 0.3) is 0 Å². The molecule has 4 heteroatoms. The monoisotopic (exact) mass is 311 g/mol. The summed E-state index contributed by atoms with van der Waals surface area (Å²) in [5, 5.41) is 4.12. The topological polar surface area (TPSA) is 38.7 Å². The minimum atomic E-state index is -0.417. The number of aryl methyl sites for hydroxylation is 2. The molecule has 112 valence electrons. The molecule has 3 rings (SSSR count). The third-order valence-corrected chi connectivity index (χ3v) is 4.64. The van der Waals surface area contributed by atoms with Gasteiger partial charge in [-0.3, -0.25) is 0 Å². The van der Waals surface area contributed by atoms with Crippen molar-refractivity contribution in [1.29, 1.82) is 0 Å². The molecular weight excluding hydrogens is 294 g/mol. The molecule has 0 radical (unpaired) electrons. The third kappa shape index (κ3) is 3.22. The molecule has 0 unspecified atom stereocenters. The number of hydrogen-bond donors (Lipinski definition) is 0. The van der Waals surface area contributed by atoms with E-state index in [1.54, 1.807) is 12.1 Å². The summed E-state index contributed by atoms with van der Waals surface area (Å²) < 4.78 is 0. The van der Waals surface area contributed by atoms with Crippen LogP contribution in [0.4, 0.5) is 0 Å². The minimum absolute atomic E-state index is 0.417. The van der Waals surface area contributed by atoms with Crippen molar-refractivity contribution in [2.75, 3.05) is 5.75 Å². The van der Waals surface area contributed by atoms with E-state index in [2.05, 4.69) is 30.3 Å². The summed E-state index contributed by atoms with van der Waals surface area (Å²) in [7, 11) is 0. The van der Waals surface area contributed by atoms with E-state index in [1.165, 1.54) is 10.5 Å². The normalized spacial score (nSPS) is 15.5. The molecular formula is C18H17NO2S. The van der Waals surface area contributed by atoms with E-state index >= 15 is 0 Å². The molecule has 0 fully saturated rings. The van der Waals surface area contributed by atoms with E-state index in [1.807, 2.05) is 30.8 Å². The molecule has 0 saturated heterocycles. The van der Waals surface area contributed by atoms with Gasteiger partial charge in [-0.25, -0.2) is 4.79 Å². The van der Waals surface area contributed by atoms with Gasteiger partial charge in [0.05, 0.1) is 11.3 Å². The predicted molar refractivity (Wildman–Crippen MR) is 89.7 cm³/mol. The molecule has 0 aromatic heterocycles. The number of carbonyl (C=O) groups excluding carboxylic acids is 1. The first-order valence-corrected chi connectivity index (χ1v) is 8.21. The Balaban J connectivity index is 1.80. The molecule has 0 atom stereocenters. The van der Waals surface area contributed by atoms with Crippen LogP contribution in [-0.4, -0.2) is 17.4 Å². The van der Waals surface area contributed by atoms with E-state index in [-0.39, 0.29) is 0 Å². The average Bonchev–Trinajstić information content (AvgIpc) is 2.53. The lowest BCUT2D eigenvalue weighted by molar-refractivity contribution is 0.0516. The number of thioether (sulfide) groups is 1. The molecule has 2 aromatic rings. The number of oxime groups is 1. The highest BCUT2D eigenvalue weighted by Gasteiger charge is 2.17. The van der Waals surface area contributed by atoms with Crippen molar-refractivity contribution in [2.45, 2.75) is 25.2 Å². The number of carbonyl (C=O) groups is 1. The Kier molecular flexibility index (Phi) is 4.29. The third-order valence-electron chi connectivity index (χ3n) is 3.57. The van der Waals surface area contributed by atoms with Gasteiger partial charge in [0, 0.05) is 22.6 Å². The van der Waals surface area contributed by atoms with E-state index < -0.39 is 5.97 Å². The summed E-state index contributed by atoms with van der Waals surface area (Å²) in [4.78, 5) is 18.4. The lowest BCUT2D eigenvalue weighted by atomic mass is 10.1. The number of rotatable bonds is 2. The van der Waals surface area contributed by atoms with E-state index in [4.69, 9.17) is 4.84 Å². The van der Waals surface area contributed by atoms with E-state index in [9.17, 15) is 4.79 Å². The minimum Gasteiger partial charge on any atom is -0.313 e. The fraction of sp³-hybridized carbons (Fsp3) is 0.222. The Morgan fingerprint density at radius 1 is 1.09 bits per heavy atom. The van der Waals surface area contributed by atoms with Gasteiger partial charge >= 0.3 is 5.97 Å². The van der Waals surface area contributed by atoms with Crippen LogP contribution in [0.2, 0.25) is 0 Å². The van der Waals surface area contributed by atoms with Gasteiger partial charge in [0.15, 0.2) is 0 Å². The smallest absolute Gasteiger partial charge is 0.313 e. The zero-order chi connectivity index (χ0) is 15.5. The lowest BCUT2D eigenvalue weighted by Crippen LogP contribution is -2.12. The molecule has 0 N–H and O–H groups in total. The Labute approximate surface area is 134 Å². The number of nitrogens with zero attached hydrogens (tertiary/aromatic N) is 1. The van der Waals surface area contributed by atoms with Gasteiger partial charge in [0.2, 0.25) is 0 Å². The van der Waals surface area contributed by atoms with Crippen molar-refractivity contribution in [2.24, 2.45) is 5.16 Å². The molecule has 1 heterocycles. The van der Waals surface area contributed by atoms with Gasteiger partial charge in [-0.2, -0.15) is 0 Å². The average molecular weight is 311 g/mol. The predicted octanol–water partition coefficient (Wildman–Crippen LogP) is 4.36. The fourth-order valence-electron chi connectivity index (χ4n) is 2.32. The first-order valence-electron chi connectivity index (χ1n) is 7.22. The van der Waals surface area contributed by atoms with Gasteiger partial charge < -0.3 is 4.84 Å². The van der Waals surface area contributed by atoms with Gasteiger partial charge in [0.1, 0.15) is 0 Å². The Morgan fingerprint density at radius 2 is 1.82 bits per heavy atom. The van der Waals surface area contributed by atoms with Crippen molar-refractivity contribution in [3.63, 3.8) is 0 Å². The Bertz CT molecular complexity index is 735. The molecule has 1 aliphatic rings. The van der Waals surface area contributed by atoms with Crippen molar-refractivity contribution in [3.05, 3.63) is 64.7 Å². The quantitative estimate of drug-likeness (QED) is 0.611. The summed E-state index contributed by atoms with van der Waals surface area (Å²) in [6, 6.07) is 13.6. The van der Waals surface area contributed by atoms with Crippen molar-refractivity contribution < 1.29 is 9.63 Å². The van der Waals surface area contributed by atoms with Gasteiger partial charge in [0.25, 0.3) is 0 Å². The summed E-state index contributed by atoms with van der Waals surface area (Å²) in [5.74, 6) is 0.539. The Hall–Kier alpha value is -2.07. The number of benzene rings is 2. The summed E-state index contributed by atoms with van der Waals surface area (Å²) in [6.07, 6.45) is 0.808. The molecule has 0 spiro atoms. The number of fused-ring (bicyclic) bond motifs is 1. The molecule has 0 amide bonds. The van der Waals surface area contributed by atoms with Gasteiger partial charge in [-0.05, 0) is 38.1 Å². The maximum Gasteiger partial charge on any atom is 0.365 e. The highest BCUT2D eigenvalue weighted by Crippen LogP contribution is 2.31. The molecule has 0 bridgehead atoms. The zero-order valence-corrected chi connectivity index (χ0v) is 13.4. The first-order chi connectivity index (χ1) is 10.6. The van der Waals surface area contributed by atoms with Crippen LogP contribution in [0.3, 0.4) is 0 Å². The Morgan fingerprint density at radius 3 is 2.59 bits per heavy atom. The SMILES string of the molecule is Cc1ccc(C(=O)O/N=C2/CCSc3ccc(C)cc32)cc1. The standard InChI is InChI=1S/C18H17NO2S/c1-12-3-6-14(7-4-12)18(20)21-19-16-9-10-22-17-8-5-13(2)11-15(16)17/h3-8,11H,9-10H2,1-2H3/b19-16-. The van der Waals surface area contributed by atoms with Crippen molar-refractivity contribution in [1.82, 2.24) is 0 Å². The maximum atomic E-state index is 12.0. The van der Waals surface area contributed by atoms with Crippen molar-refractivity contribution >= 4 is 23.4 Å². The van der Waals surface area contributed by atoms with Crippen LogP contribution >= 0.6 is 11.8 Å². The lowest BCUT2D eigenvalue weighted by Gasteiger charge is -2.17. The van der Waals surface area contributed by atoms with Crippen LogP contribution < -0.4 is 0 Å². The van der Waals surface area contributed by atoms with Crippen LogP contribution in [0.5, 0.6) is 0 Å². The van der Waals surface area contributed by atoms with E-state index in [0.717, 1.165) is 29.0 Å². The van der Waals surface area contributed by atoms with Gasteiger partial charge in [-0.1, -0.05) is 34.5 Å². The largest absolute Gasteiger partial charge is 0.365 e.